The first-order valence-electron chi connectivity index (χ1n) is 2.00. The van der Waals surface area contributed by atoms with Crippen LogP contribution in [0.25, 0.3) is 0 Å². The van der Waals surface area contributed by atoms with E-state index in [-0.39, 0.29) is 5.78 Å². The fourth-order valence-corrected chi connectivity index (χ4v) is 0.210. The Bertz CT molecular complexity index is 78.1. The first-order chi connectivity index (χ1) is 3.31. The topological polar surface area (TPSA) is 43.1 Å². The van der Waals surface area contributed by atoms with Gasteiger partial charge in [0.05, 0.1) is 6.54 Å². The summed E-state index contributed by atoms with van der Waals surface area (Å²) < 4.78 is 0. The van der Waals surface area contributed by atoms with Crippen molar-refractivity contribution < 1.29 is 4.79 Å². The van der Waals surface area contributed by atoms with Crippen molar-refractivity contribution in [2.75, 3.05) is 0 Å². The van der Waals surface area contributed by atoms with E-state index in [0.717, 1.165) is 6.54 Å². The number of carbonyl (C=O) groups is 1. The van der Waals surface area contributed by atoms with Gasteiger partial charge in [0.15, 0.2) is 5.78 Å². The van der Waals surface area contributed by atoms with Gasteiger partial charge in [-0.15, -0.1) is 6.58 Å². The lowest BCUT2D eigenvalue weighted by molar-refractivity contribution is -0.115. The molecular weight excluding hydrogens is 90.1 g/mol. The van der Waals surface area contributed by atoms with Crippen LogP contribution in [0.2, 0.25) is 0 Å². The molecule has 0 aromatic carbocycles. The Morgan fingerprint density at radius 3 is 2.57 bits per heavy atom. The van der Waals surface area contributed by atoms with Crippen molar-refractivity contribution >= 4 is 5.78 Å². The average molecular weight is 98.1 g/mol. The number of nitrogens with two attached hydrogens (primary N) is 1. The highest BCUT2D eigenvalue weighted by molar-refractivity contribution is 5.87. The normalized spacial score (nSPS) is 8.14. The molecule has 0 aliphatic heterocycles. The number of rotatable bonds is 3. The molecule has 0 heterocycles. The van der Waals surface area contributed by atoms with Gasteiger partial charge in [-0.05, 0) is 0 Å². The second-order valence-electron chi connectivity index (χ2n) is 1.13. The Morgan fingerprint density at radius 1 is 1.86 bits per heavy atom. The summed E-state index contributed by atoms with van der Waals surface area (Å²) in [5.41, 5.74) is 4.84. The highest BCUT2D eigenvalue weighted by Gasteiger charge is 1.90. The second-order valence-corrected chi connectivity index (χ2v) is 1.13. The van der Waals surface area contributed by atoms with Gasteiger partial charge in [0.1, 0.15) is 0 Å². The third kappa shape index (κ3) is 3.19. The highest BCUT2D eigenvalue weighted by atomic mass is 16.1. The van der Waals surface area contributed by atoms with Gasteiger partial charge in [-0.3, -0.25) is 4.79 Å². The number of allylic oxidation sites excluding steroid dienone is 1. The summed E-state index contributed by atoms with van der Waals surface area (Å²) >= 11 is 0. The van der Waals surface area contributed by atoms with Crippen LogP contribution in [0.5, 0.6) is 0 Å². The number of Topliss-reactive ketones (excluding diaryl/α,β-unsaturated/α-hetero) is 1. The Balaban J connectivity index is 3.17. The van der Waals surface area contributed by atoms with Crippen LogP contribution >= 0.6 is 0 Å². The van der Waals surface area contributed by atoms with Crippen LogP contribution in [0.3, 0.4) is 0 Å². The molecule has 1 radical (unpaired) electrons. The van der Waals surface area contributed by atoms with Crippen molar-refractivity contribution in [3.05, 3.63) is 19.2 Å². The molecule has 2 nitrogen and oxygen atoms in total. The standard InChI is InChI=1S/C5H8NO/c1-2-3-5(7)4-6/h2,4H,1,3,6H2. The van der Waals surface area contributed by atoms with Gasteiger partial charge in [-0.25, -0.2) is 0 Å². The first-order valence-corrected chi connectivity index (χ1v) is 2.00. The van der Waals surface area contributed by atoms with Crippen molar-refractivity contribution in [2.45, 2.75) is 6.42 Å². The molecule has 39 valence electrons. The summed E-state index contributed by atoms with van der Waals surface area (Å²) in [5, 5.41) is 0. The zero-order valence-corrected chi connectivity index (χ0v) is 4.05. The van der Waals surface area contributed by atoms with E-state index in [9.17, 15) is 4.79 Å². The van der Waals surface area contributed by atoms with E-state index in [4.69, 9.17) is 5.73 Å². The van der Waals surface area contributed by atoms with Crippen LogP contribution < -0.4 is 5.73 Å². The van der Waals surface area contributed by atoms with Crippen LogP contribution in [0, 0.1) is 6.54 Å². The van der Waals surface area contributed by atoms with Crippen molar-refractivity contribution in [2.24, 2.45) is 5.73 Å². The van der Waals surface area contributed by atoms with Gasteiger partial charge in [0.25, 0.3) is 0 Å². The molecule has 0 amide bonds. The maximum atomic E-state index is 10.2. The van der Waals surface area contributed by atoms with Crippen LogP contribution in [-0.2, 0) is 4.79 Å². The summed E-state index contributed by atoms with van der Waals surface area (Å²) in [5.74, 6) is -0.0880. The van der Waals surface area contributed by atoms with E-state index < -0.39 is 0 Å². The Kier molecular flexibility index (Phi) is 3.24. The molecule has 0 fully saturated rings. The Morgan fingerprint density at radius 2 is 2.43 bits per heavy atom. The molecule has 0 saturated heterocycles. The van der Waals surface area contributed by atoms with E-state index in [1.807, 2.05) is 0 Å². The lowest BCUT2D eigenvalue weighted by Gasteiger charge is -1.83. The predicted octanol–water partition coefficient (Wildman–Crippen LogP) is 0.252. The minimum Gasteiger partial charge on any atom is -0.320 e. The van der Waals surface area contributed by atoms with Crippen LogP contribution in [0.15, 0.2) is 12.7 Å². The number of hydrogen-bond acceptors (Lipinski definition) is 2. The molecule has 7 heavy (non-hydrogen) atoms. The lowest BCUT2D eigenvalue weighted by atomic mass is 10.3. The van der Waals surface area contributed by atoms with Crippen molar-refractivity contribution in [3.63, 3.8) is 0 Å². The van der Waals surface area contributed by atoms with Gasteiger partial charge in [0, 0.05) is 6.42 Å². The SMILES string of the molecule is C=CCC(=O)[CH]N. The summed E-state index contributed by atoms with van der Waals surface area (Å²) in [7, 11) is 0. The average Bonchev–Trinajstić information content (AvgIpc) is 1.68. The van der Waals surface area contributed by atoms with Gasteiger partial charge >= 0.3 is 0 Å². The molecule has 0 rings (SSSR count). The molecule has 0 saturated carbocycles. The van der Waals surface area contributed by atoms with E-state index in [0.29, 0.717) is 6.42 Å². The largest absolute Gasteiger partial charge is 0.320 e. The molecule has 0 spiro atoms. The van der Waals surface area contributed by atoms with Gasteiger partial charge < -0.3 is 5.73 Å². The Hall–Kier alpha value is -0.630. The molecule has 0 aliphatic carbocycles. The van der Waals surface area contributed by atoms with Crippen molar-refractivity contribution in [1.82, 2.24) is 0 Å². The molecule has 0 atom stereocenters. The first kappa shape index (κ1) is 6.37. The molecule has 0 aromatic heterocycles. The number of carbonyl (C=O) groups excluding carboxylic acids is 1. The van der Waals surface area contributed by atoms with E-state index in [2.05, 4.69) is 6.58 Å². The van der Waals surface area contributed by atoms with E-state index >= 15 is 0 Å². The van der Waals surface area contributed by atoms with Crippen LogP contribution in [-0.4, -0.2) is 5.78 Å². The highest BCUT2D eigenvalue weighted by Crippen LogP contribution is 1.81. The fraction of sp³-hybridized carbons (Fsp3) is 0.200. The predicted molar refractivity (Wildman–Crippen MR) is 28.3 cm³/mol. The van der Waals surface area contributed by atoms with Crippen molar-refractivity contribution in [3.8, 4) is 0 Å². The van der Waals surface area contributed by atoms with Crippen LogP contribution in [0.4, 0.5) is 0 Å². The van der Waals surface area contributed by atoms with E-state index in [1.165, 1.54) is 6.08 Å². The lowest BCUT2D eigenvalue weighted by Crippen LogP contribution is -2.03. The quantitative estimate of drug-likeness (QED) is 0.514. The summed E-state index contributed by atoms with van der Waals surface area (Å²) in [6, 6.07) is 0. The zero-order valence-electron chi connectivity index (χ0n) is 4.05. The second kappa shape index (κ2) is 3.56. The van der Waals surface area contributed by atoms with Crippen LogP contribution in [0.1, 0.15) is 6.42 Å². The third-order valence-electron chi connectivity index (χ3n) is 0.531. The molecule has 0 unspecified atom stereocenters. The minimum atomic E-state index is -0.0880. The number of ketones is 1. The van der Waals surface area contributed by atoms with E-state index in [1.54, 1.807) is 0 Å². The molecule has 0 aromatic rings. The molecule has 2 N–H and O–H groups in total. The fourth-order valence-electron chi connectivity index (χ4n) is 0.210. The summed E-state index contributed by atoms with van der Waals surface area (Å²) in [4.78, 5) is 10.2. The third-order valence-corrected chi connectivity index (χ3v) is 0.531. The summed E-state index contributed by atoms with van der Waals surface area (Å²) in [6.45, 7) is 4.40. The van der Waals surface area contributed by atoms with Gasteiger partial charge in [0.2, 0.25) is 0 Å². The summed E-state index contributed by atoms with van der Waals surface area (Å²) in [6.07, 6.45) is 1.86. The monoisotopic (exact) mass is 98.1 g/mol. The smallest absolute Gasteiger partial charge is 0.155 e. The minimum absolute atomic E-state index is 0.0880. The molecule has 0 bridgehead atoms. The molecular formula is C5H8NO. The van der Waals surface area contributed by atoms with Gasteiger partial charge in [-0.2, -0.15) is 0 Å². The van der Waals surface area contributed by atoms with Crippen molar-refractivity contribution in [1.29, 1.82) is 0 Å². The number of hydrogen-bond donors (Lipinski definition) is 1. The Labute approximate surface area is 43.0 Å². The maximum Gasteiger partial charge on any atom is 0.155 e. The molecule has 0 aliphatic rings. The molecule has 2 heteroatoms. The van der Waals surface area contributed by atoms with Gasteiger partial charge in [-0.1, -0.05) is 6.08 Å². The zero-order chi connectivity index (χ0) is 5.70. The maximum absolute atomic E-state index is 10.2.